The average molecular weight is 354 g/mol. The molecule has 2 aromatic carbocycles. The molecule has 3 aromatic rings. The lowest BCUT2D eigenvalue weighted by Crippen LogP contribution is -2.23. The van der Waals surface area contributed by atoms with Crippen molar-refractivity contribution >= 4 is 34.4 Å². The topological polar surface area (TPSA) is 78.4 Å². The van der Waals surface area contributed by atoms with Gasteiger partial charge < -0.3 is 15.3 Å². The van der Waals surface area contributed by atoms with Gasteiger partial charge in [0.15, 0.2) is 0 Å². The van der Waals surface area contributed by atoms with Gasteiger partial charge in [-0.2, -0.15) is 8.75 Å². The Hall–Kier alpha value is -2.51. The van der Waals surface area contributed by atoms with E-state index >= 15 is 0 Å². The fourth-order valence-electron chi connectivity index (χ4n) is 3.02. The van der Waals surface area contributed by atoms with Crippen LogP contribution in [0.25, 0.3) is 11.0 Å². The van der Waals surface area contributed by atoms with Crippen LogP contribution >= 0.6 is 11.7 Å². The van der Waals surface area contributed by atoms with Crippen LogP contribution in [0.15, 0.2) is 42.5 Å². The molecule has 1 fully saturated rings. The van der Waals surface area contributed by atoms with Gasteiger partial charge in [0.05, 0.1) is 17.8 Å². The van der Waals surface area contributed by atoms with Crippen molar-refractivity contribution in [2.75, 3.05) is 18.0 Å². The second kappa shape index (κ2) is 6.78. The number of aromatic nitrogens is 2. The summed E-state index contributed by atoms with van der Waals surface area (Å²) in [7, 11) is 0. The number of nitrogens with zero attached hydrogens (tertiary/aromatic N) is 3. The summed E-state index contributed by atoms with van der Waals surface area (Å²) < 4.78 is 8.38. The second-order valence-corrected chi connectivity index (χ2v) is 6.73. The summed E-state index contributed by atoms with van der Waals surface area (Å²) in [6, 6.07) is 13.3. The van der Waals surface area contributed by atoms with E-state index < -0.39 is 0 Å². The summed E-state index contributed by atoms with van der Waals surface area (Å²) in [5.41, 5.74) is 4.39. The van der Waals surface area contributed by atoms with Crippen LogP contribution < -0.4 is 10.2 Å². The molecule has 1 atom stereocenters. The molecule has 0 spiro atoms. The van der Waals surface area contributed by atoms with Crippen LogP contribution in [0, 0.1) is 0 Å². The molecule has 6 nitrogen and oxygen atoms in total. The number of β-amino-alcohol motifs (C(OH)–C–C–N with tert-alkyl or cyclic N) is 1. The standard InChI is InChI=1S/C18H18N4O2S/c23-15-7-8-22(11-15)14-4-2-13(3-5-14)18(24)19-10-12-1-6-16-17(9-12)21-25-20-16/h1-6,9,15,23H,7-8,10-11H2,(H,19,24). The summed E-state index contributed by atoms with van der Waals surface area (Å²) in [6.45, 7) is 1.95. The molecule has 2 heterocycles. The van der Waals surface area contributed by atoms with Crippen molar-refractivity contribution in [3.8, 4) is 0 Å². The zero-order valence-electron chi connectivity index (χ0n) is 13.6. The Bertz CT molecular complexity index is 893. The van der Waals surface area contributed by atoms with Gasteiger partial charge in [-0.15, -0.1) is 0 Å². The molecular formula is C18H18N4O2S. The number of fused-ring (bicyclic) bond motifs is 1. The maximum atomic E-state index is 12.3. The van der Waals surface area contributed by atoms with Crippen LogP contribution in [0.4, 0.5) is 5.69 Å². The smallest absolute Gasteiger partial charge is 0.251 e. The first-order chi connectivity index (χ1) is 12.2. The van der Waals surface area contributed by atoms with E-state index in [-0.39, 0.29) is 12.0 Å². The van der Waals surface area contributed by atoms with Gasteiger partial charge in [0.2, 0.25) is 0 Å². The molecule has 1 aliphatic heterocycles. The summed E-state index contributed by atoms with van der Waals surface area (Å²) in [5.74, 6) is -0.107. The Labute approximate surface area is 149 Å². The van der Waals surface area contributed by atoms with Crippen molar-refractivity contribution < 1.29 is 9.90 Å². The fraction of sp³-hybridized carbons (Fsp3) is 0.278. The maximum absolute atomic E-state index is 12.3. The van der Waals surface area contributed by atoms with E-state index in [0.29, 0.717) is 18.7 Å². The van der Waals surface area contributed by atoms with Crippen molar-refractivity contribution in [3.05, 3.63) is 53.6 Å². The number of rotatable bonds is 4. The van der Waals surface area contributed by atoms with Crippen LogP contribution in [0.1, 0.15) is 22.3 Å². The van der Waals surface area contributed by atoms with Gasteiger partial charge in [-0.1, -0.05) is 6.07 Å². The lowest BCUT2D eigenvalue weighted by atomic mass is 10.1. The van der Waals surface area contributed by atoms with Crippen molar-refractivity contribution in [2.24, 2.45) is 0 Å². The van der Waals surface area contributed by atoms with Gasteiger partial charge >= 0.3 is 0 Å². The van der Waals surface area contributed by atoms with E-state index in [0.717, 1.165) is 35.2 Å². The summed E-state index contributed by atoms with van der Waals surface area (Å²) >= 11 is 1.19. The Kier molecular flexibility index (Phi) is 4.33. The van der Waals surface area contributed by atoms with Crippen LogP contribution in [0.3, 0.4) is 0 Å². The van der Waals surface area contributed by atoms with E-state index in [9.17, 15) is 9.90 Å². The highest BCUT2D eigenvalue weighted by Crippen LogP contribution is 2.21. The minimum absolute atomic E-state index is 0.107. The molecule has 7 heteroatoms. The number of carbonyl (C=O) groups excluding carboxylic acids is 1. The molecule has 0 aliphatic carbocycles. The van der Waals surface area contributed by atoms with E-state index in [4.69, 9.17) is 0 Å². The first kappa shape index (κ1) is 16.0. The van der Waals surface area contributed by atoms with E-state index in [2.05, 4.69) is 19.0 Å². The highest BCUT2D eigenvalue weighted by molar-refractivity contribution is 7.00. The minimum atomic E-state index is -0.256. The molecule has 1 saturated heterocycles. The van der Waals surface area contributed by atoms with Crippen molar-refractivity contribution in [3.63, 3.8) is 0 Å². The molecule has 1 unspecified atom stereocenters. The summed E-state index contributed by atoms with van der Waals surface area (Å²) in [6.07, 6.45) is 0.536. The number of aliphatic hydroxyl groups excluding tert-OH is 1. The molecule has 128 valence electrons. The van der Waals surface area contributed by atoms with Crippen molar-refractivity contribution in [1.29, 1.82) is 0 Å². The normalized spacial score (nSPS) is 17.2. The van der Waals surface area contributed by atoms with E-state index in [1.165, 1.54) is 11.7 Å². The van der Waals surface area contributed by atoms with Crippen LogP contribution in [-0.2, 0) is 6.54 Å². The van der Waals surface area contributed by atoms with Gasteiger partial charge in [0, 0.05) is 30.9 Å². The van der Waals surface area contributed by atoms with Gasteiger partial charge in [-0.3, -0.25) is 4.79 Å². The third kappa shape index (κ3) is 3.47. The maximum Gasteiger partial charge on any atom is 0.251 e. The molecule has 4 rings (SSSR count). The molecule has 0 bridgehead atoms. The molecule has 2 N–H and O–H groups in total. The SMILES string of the molecule is O=C(NCc1ccc2nsnc2c1)c1ccc(N2CCC(O)C2)cc1. The lowest BCUT2D eigenvalue weighted by molar-refractivity contribution is 0.0951. The number of anilines is 1. The minimum Gasteiger partial charge on any atom is -0.391 e. The molecule has 25 heavy (non-hydrogen) atoms. The predicted octanol–water partition coefficient (Wildman–Crippen LogP) is 2.19. The van der Waals surface area contributed by atoms with Crippen LogP contribution in [0.5, 0.6) is 0 Å². The number of benzene rings is 2. The van der Waals surface area contributed by atoms with E-state index in [1.54, 1.807) is 0 Å². The van der Waals surface area contributed by atoms with Crippen LogP contribution in [-0.4, -0.2) is 39.0 Å². The predicted molar refractivity (Wildman–Crippen MR) is 97.9 cm³/mol. The zero-order chi connectivity index (χ0) is 17.2. The van der Waals surface area contributed by atoms with Crippen LogP contribution in [0.2, 0.25) is 0 Å². The average Bonchev–Trinajstić information content (AvgIpc) is 3.28. The largest absolute Gasteiger partial charge is 0.391 e. The quantitative estimate of drug-likeness (QED) is 0.751. The highest BCUT2D eigenvalue weighted by Gasteiger charge is 2.20. The monoisotopic (exact) mass is 354 g/mol. The highest BCUT2D eigenvalue weighted by atomic mass is 32.1. The Balaban J connectivity index is 1.38. The number of amides is 1. The first-order valence-corrected chi connectivity index (χ1v) is 8.94. The fourth-order valence-corrected chi connectivity index (χ4v) is 3.54. The number of aliphatic hydroxyl groups is 1. The number of nitrogens with one attached hydrogen (secondary N) is 1. The molecule has 0 radical (unpaired) electrons. The third-order valence-corrected chi connectivity index (χ3v) is 4.99. The van der Waals surface area contributed by atoms with Crippen molar-refractivity contribution in [1.82, 2.24) is 14.1 Å². The molecule has 0 saturated carbocycles. The van der Waals surface area contributed by atoms with Gasteiger partial charge in [0.1, 0.15) is 11.0 Å². The van der Waals surface area contributed by atoms with Gasteiger partial charge in [0.25, 0.3) is 5.91 Å². The molecular weight excluding hydrogens is 336 g/mol. The van der Waals surface area contributed by atoms with Gasteiger partial charge in [-0.05, 0) is 48.4 Å². The summed E-state index contributed by atoms with van der Waals surface area (Å²) in [5, 5.41) is 12.6. The molecule has 1 aromatic heterocycles. The second-order valence-electron chi connectivity index (χ2n) is 6.21. The number of hydrogen-bond acceptors (Lipinski definition) is 6. The number of carbonyl (C=O) groups is 1. The Morgan fingerprint density at radius 1 is 1.20 bits per heavy atom. The molecule has 1 aliphatic rings. The zero-order valence-corrected chi connectivity index (χ0v) is 14.4. The van der Waals surface area contributed by atoms with E-state index in [1.807, 2.05) is 42.5 Å². The summed E-state index contributed by atoms with van der Waals surface area (Å²) in [4.78, 5) is 14.5. The molecule has 1 amide bonds. The lowest BCUT2D eigenvalue weighted by Gasteiger charge is -2.18. The third-order valence-electron chi connectivity index (χ3n) is 4.43. The number of hydrogen-bond donors (Lipinski definition) is 2. The Morgan fingerprint density at radius 2 is 2.00 bits per heavy atom. The van der Waals surface area contributed by atoms with Crippen molar-refractivity contribution in [2.45, 2.75) is 19.1 Å². The van der Waals surface area contributed by atoms with Gasteiger partial charge in [-0.25, -0.2) is 0 Å². The first-order valence-electron chi connectivity index (χ1n) is 8.21. The Morgan fingerprint density at radius 3 is 2.76 bits per heavy atom.